The third kappa shape index (κ3) is 5.14. The molecule has 0 bridgehead atoms. The molecular weight excluding hydrogens is 424 g/mol. The van der Waals surface area contributed by atoms with E-state index in [2.05, 4.69) is 23.7 Å². The third-order valence-corrected chi connectivity index (χ3v) is 7.09. The van der Waals surface area contributed by atoms with Gasteiger partial charge in [0.2, 0.25) is 0 Å². The fourth-order valence-corrected chi connectivity index (χ4v) is 5.16. The Morgan fingerprint density at radius 3 is 2.53 bits per heavy atom. The summed E-state index contributed by atoms with van der Waals surface area (Å²) in [5.74, 6) is -0.0342. The largest absolute Gasteiger partial charge is 0.399 e. The van der Waals surface area contributed by atoms with Crippen molar-refractivity contribution in [2.45, 2.75) is 71.0 Å². The first-order valence-electron chi connectivity index (χ1n) is 12.4. The third-order valence-electron chi connectivity index (χ3n) is 7.09. The van der Waals surface area contributed by atoms with Crippen LogP contribution in [0.4, 0.5) is 5.69 Å². The van der Waals surface area contributed by atoms with Crippen LogP contribution < -0.4 is 17.0 Å². The number of hydrogen-bond acceptors (Lipinski definition) is 5. The Kier molecular flexibility index (Phi) is 7.32. The number of likely N-dealkylation sites (tertiary alicyclic amines) is 1. The summed E-state index contributed by atoms with van der Waals surface area (Å²) in [5, 5.41) is 7.73. The number of hydrogen-bond donors (Lipinski definition) is 3. The number of fused-ring (bicyclic) bond motifs is 1. The standard InChI is InChI=1S/C27H36N6O/c1-18-8-6-9-19(2)32(18)14-4-3-5-15-33-24-17-22(28)12-13-23(24)31-25(27(33)34)20-10-7-11-21(16-20)26(29)30/h7,10-13,16-19H,3-6,8-9,14-15,28H2,1-2H3,(H3,29,30)/t18-,19+. The molecule has 0 radical (unpaired) electrons. The highest BCUT2D eigenvalue weighted by Gasteiger charge is 2.23. The Hall–Kier alpha value is -3.19. The molecule has 3 aromatic rings. The second kappa shape index (κ2) is 10.4. The second-order valence-corrected chi connectivity index (χ2v) is 9.59. The molecule has 180 valence electrons. The molecule has 7 heteroatoms. The van der Waals surface area contributed by atoms with E-state index in [0.717, 1.165) is 36.8 Å². The number of benzene rings is 2. The zero-order valence-electron chi connectivity index (χ0n) is 20.3. The van der Waals surface area contributed by atoms with Gasteiger partial charge in [0.25, 0.3) is 5.56 Å². The maximum absolute atomic E-state index is 13.5. The normalized spacial score (nSPS) is 18.9. The first kappa shape index (κ1) is 24.0. The van der Waals surface area contributed by atoms with Crippen molar-refractivity contribution in [3.63, 3.8) is 0 Å². The molecular formula is C27H36N6O. The van der Waals surface area contributed by atoms with Crippen LogP contribution in [0.5, 0.6) is 0 Å². The van der Waals surface area contributed by atoms with Gasteiger partial charge in [-0.15, -0.1) is 0 Å². The smallest absolute Gasteiger partial charge is 0.277 e. The molecule has 5 N–H and O–H groups in total. The average Bonchev–Trinajstić information content (AvgIpc) is 2.81. The molecule has 1 aliphatic rings. The van der Waals surface area contributed by atoms with E-state index in [9.17, 15) is 4.79 Å². The molecule has 0 unspecified atom stereocenters. The van der Waals surface area contributed by atoms with Crippen LogP contribution in [-0.2, 0) is 6.54 Å². The molecule has 1 aromatic heterocycles. The fourth-order valence-electron chi connectivity index (χ4n) is 5.16. The van der Waals surface area contributed by atoms with Gasteiger partial charge in [-0.3, -0.25) is 15.1 Å². The molecule has 0 spiro atoms. The number of aromatic nitrogens is 2. The number of nitrogens with two attached hydrogens (primary N) is 2. The Labute approximate surface area is 201 Å². The van der Waals surface area contributed by atoms with Crippen LogP contribution in [0.2, 0.25) is 0 Å². The zero-order valence-corrected chi connectivity index (χ0v) is 20.3. The van der Waals surface area contributed by atoms with Gasteiger partial charge < -0.3 is 16.0 Å². The highest BCUT2D eigenvalue weighted by molar-refractivity contribution is 5.96. The van der Waals surface area contributed by atoms with E-state index in [1.807, 2.05) is 18.2 Å². The minimum Gasteiger partial charge on any atom is -0.399 e. The number of rotatable bonds is 8. The molecule has 7 nitrogen and oxygen atoms in total. The number of amidine groups is 1. The quantitative estimate of drug-likeness (QED) is 0.200. The van der Waals surface area contributed by atoms with Crippen LogP contribution in [0.25, 0.3) is 22.3 Å². The van der Waals surface area contributed by atoms with Gasteiger partial charge in [-0.25, -0.2) is 4.98 Å². The average molecular weight is 461 g/mol. The van der Waals surface area contributed by atoms with Crippen LogP contribution in [0.15, 0.2) is 47.3 Å². The topological polar surface area (TPSA) is 114 Å². The summed E-state index contributed by atoms with van der Waals surface area (Å²) < 4.78 is 1.81. The summed E-state index contributed by atoms with van der Waals surface area (Å²) in [6.45, 7) is 6.41. The molecule has 2 atom stereocenters. The van der Waals surface area contributed by atoms with Crippen LogP contribution in [0.1, 0.15) is 57.9 Å². The Morgan fingerprint density at radius 2 is 1.79 bits per heavy atom. The van der Waals surface area contributed by atoms with Crippen molar-refractivity contribution in [3.8, 4) is 11.3 Å². The summed E-state index contributed by atoms with van der Waals surface area (Å²) in [6.07, 6.45) is 7.01. The highest BCUT2D eigenvalue weighted by atomic mass is 16.1. The molecule has 4 rings (SSSR count). The van der Waals surface area contributed by atoms with Crippen LogP contribution >= 0.6 is 0 Å². The first-order valence-corrected chi connectivity index (χ1v) is 12.4. The predicted octanol–water partition coefficient (Wildman–Crippen LogP) is 4.36. The maximum Gasteiger partial charge on any atom is 0.277 e. The molecule has 1 fully saturated rings. The predicted molar refractivity (Wildman–Crippen MR) is 140 cm³/mol. The number of unbranched alkanes of at least 4 members (excludes halogenated alkanes) is 2. The van der Waals surface area contributed by atoms with E-state index in [-0.39, 0.29) is 11.4 Å². The van der Waals surface area contributed by atoms with Gasteiger partial charge in [-0.2, -0.15) is 0 Å². The first-order chi connectivity index (χ1) is 16.3. The molecule has 0 aliphatic carbocycles. The summed E-state index contributed by atoms with van der Waals surface area (Å²) in [6, 6.07) is 14.0. The van der Waals surface area contributed by atoms with Gasteiger partial charge in [0.15, 0.2) is 0 Å². The van der Waals surface area contributed by atoms with Crippen molar-refractivity contribution in [1.82, 2.24) is 14.5 Å². The van der Waals surface area contributed by atoms with Crippen molar-refractivity contribution < 1.29 is 0 Å². The Bertz CT molecular complexity index is 1220. The zero-order chi connectivity index (χ0) is 24.2. The van der Waals surface area contributed by atoms with Gasteiger partial charge in [-0.1, -0.05) is 31.0 Å². The molecule has 0 amide bonds. The number of anilines is 1. The molecule has 1 saturated heterocycles. The van der Waals surface area contributed by atoms with E-state index in [1.54, 1.807) is 28.8 Å². The van der Waals surface area contributed by atoms with Gasteiger partial charge in [0.1, 0.15) is 11.5 Å². The number of piperidine rings is 1. The maximum atomic E-state index is 13.5. The lowest BCUT2D eigenvalue weighted by atomic mass is 9.97. The summed E-state index contributed by atoms with van der Waals surface area (Å²) >= 11 is 0. The Balaban J connectivity index is 1.56. The van der Waals surface area contributed by atoms with Crippen molar-refractivity contribution >= 4 is 22.6 Å². The number of nitrogen functional groups attached to an aromatic ring is 2. The highest BCUT2D eigenvalue weighted by Crippen LogP contribution is 2.24. The SMILES string of the molecule is C[C@@H]1CCC[C@H](C)N1CCCCCn1c(=O)c(-c2cccc(C(=N)N)c2)nc2ccc(N)cc21. The lowest BCUT2D eigenvalue weighted by molar-refractivity contribution is 0.101. The molecule has 1 aliphatic heterocycles. The minimum atomic E-state index is -0.142. The lowest BCUT2D eigenvalue weighted by Crippen LogP contribution is -2.44. The van der Waals surface area contributed by atoms with Crippen LogP contribution in [-0.4, -0.2) is 38.9 Å². The lowest BCUT2D eigenvalue weighted by Gasteiger charge is -2.39. The van der Waals surface area contributed by atoms with Crippen molar-refractivity contribution in [2.24, 2.45) is 5.73 Å². The second-order valence-electron chi connectivity index (χ2n) is 9.59. The van der Waals surface area contributed by atoms with Gasteiger partial charge >= 0.3 is 0 Å². The number of nitrogens with zero attached hydrogens (tertiary/aromatic N) is 3. The van der Waals surface area contributed by atoms with Crippen LogP contribution in [0.3, 0.4) is 0 Å². The molecule has 0 saturated carbocycles. The number of nitrogens with one attached hydrogen (secondary N) is 1. The van der Waals surface area contributed by atoms with E-state index in [0.29, 0.717) is 41.1 Å². The van der Waals surface area contributed by atoms with Crippen molar-refractivity contribution in [1.29, 1.82) is 5.41 Å². The summed E-state index contributed by atoms with van der Waals surface area (Å²) in [4.78, 5) is 20.8. The van der Waals surface area contributed by atoms with Gasteiger partial charge in [-0.05, 0) is 70.3 Å². The number of aryl methyl sites for hydroxylation is 1. The van der Waals surface area contributed by atoms with E-state index in [4.69, 9.17) is 16.9 Å². The molecule has 2 aromatic carbocycles. The monoisotopic (exact) mass is 460 g/mol. The van der Waals surface area contributed by atoms with Gasteiger partial charge in [0.05, 0.1) is 11.0 Å². The van der Waals surface area contributed by atoms with E-state index in [1.165, 1.54) is 19.3 Å². The minimum absolute atomic E-state index is 0.0342. The Morgan fingerprint density at radius 1 is 1.06 bits per heavy atom. The van der Waals surface area contributed by atoms with Crippen molar-refractivity contribution in [2.75, 3.05) is 12.3 Å². The van der Waals surface area contributed by atoms with Gasteiger partial charge in [0, 0.05) is 35.4 Å². The molecule has 2 heterocycles. The van der Waals surface area contributed by atoms with E-state index < -0.39 is 0 Å². The summed E-state index contributed by atoms with van der Waals surface area (Å²) in [7, 11) is 0. The van der Waals surface area contributed by atoms with Crippen LogP contribution in [0, 0.1) is 5.41 Å². The van der Waals surface area contributed by atoms with Crippen molar-refractivity contribution in [3.05, 3.63) is 58.4 Å². The fraction of sp³-hybridized carbons (Fsp3) is 0.444. The van der Waals surface area contributed by atoms with E-state index >= 15 is 0 Å². The summed E-state index contributed by atoms with van der Waals surface area (Å²) in [5.41, 5.74) is 15.3. The molecule has 34 heavy (non-hydrogen) atoms.